The summed E-state index contributed by atoms with van der Waals surface area (Å²) in [7, 11) is 1.47. The third-order valence-corrected chi connectivity index (χ3v) is 6.04. The van der Waals surface area contributed by atoms with Crippen molar-refractivity contribution in [2.45, 2.75) is 13.7 Å². The maximum absolute atomic E-state index is 13.4. The van der Waals surface area contributed by atoms with Crippen molar-refractivity contribution in [2.75, 3.05) is 26.2 Å². The zero-order chi connectivity index (χ0) is 25.2. The molecule has 3 aromatic heterocycles. The summed E-state index contributed by atoms with van der Waals surface area (Å²) in [5.74, 6) is -0.0693. The molecule has 1 radical (unpaired) electrons. The summed E-state index contributed by atoms with van der Waals surface area (Å²) in [6, 6.07) is 9.00. The molecular formula is C24H23BN7O4. The first-order chi connectivity index (χ1) is 17.5. The van der Waals surface area contributed by atoms with Crippen LogP contribution in [-0.4, -0.2) is 85.8 Å². The van der Waals surface area contributed by atoms with Crippen LogP contribution in [0.4, 0.5) is 0 Å². The quantitative estimate of drug-likeness (QED) is 0.251. The van der Waals surface area contributed by atoms with Gasteiger partial charge in [0.15, 0.2) is 5.82 Å². The molecule has 4 heterocycles. The Morgan fingerprint density at radius 3 is 2.42 bits per heavy atom. The van der Waals surface area contributed by atoms with Gasteiger partial charge in [0.25, 0.3) is 17.6 Å². The van der Waals surface area contributed by atoms with Crippen molar-refractivity contribution in [3.05, 3.63) is 66.0 Å². The van der Waals surface area contributed by atoms with Crippen LogP contribution >= 0.6 is 0 Å². The van der Waals surface area contributed by atoms with Crippen LogP contribution in [0.3, 0.4) is 0 Å². The second kappa shape index (κ2) is 9.64. The Hall–Kier alpha value is -4.48. The lowest BCUT2D eigenvalue weighted by atomic mass is 10.1. The van der Waals surface area contributed by atoms with Crippen molar-refractivity contribution in [3.8, 4) is 11.6 Å². The molecule has 4 aromatic rings. The van der Waals surface area contributed by atoms with E-state index < -0.39 is 11.7 Å². The third kappa shape index (κ3) is 4.21. The first-order valence-corrected chi connectivity index (χ1v) is 11.5. The van der Waals surface area contributed by atoms with Gasteiger partial charge in [-0.25, -0.2) is 14.6 Å². The van der Waals surface area contributed by atoms with Gasteiger partial charge in [0.2, 0.25) is 0 Å². The summed E-state index contributed by atoms with van der Waals surface area (Å²) in [4.78, 5) is 54.0. The van der Waals surface area contributed by atoms with Crippen molar-refractivity contribution in [1.29, 1.82) is 0 Å². The average molecular weight is 484 g/mol. The lowest BCUT2D eigenvalue weighted by molar-refractivity contribution is -0.127. The molecule has 11 nitrogen and oxygen atoms in total. The number of aromatic nitrogens is 5. The van der Waals surface area contributed by atoms with Gasteiger partial charge in [0.1, 0.15) is 17.9 Å². The van der Waals surface area contributed by atoms with Crippen LogP contribution < -0.4 is 4.65 Å². The van der Waals surface area contributed by atoms with E-state index in [1.54, 1.807) is 30.8 Å². The fourth-order valence-corrected chi connectivity index (χ4v) is 4.26. The second-order valence-electron chi connectivity index (χ2n) is 8.27. The SMILES string of the molecule is C[B]Oc1cnc(-n2cnc(C)n2)c2[nH]cc(C(=O)C(=O)N3CCN(C(=O)c4ccccc4)CC3)c12. The highest BCUT2D eigenvalue weighted by Crippen LogP contribution is 2.32. The van der Waals surface area contributed by atoms with E-state index in [0.29, 0.717) is 46.9 Å². The van der Waals surface area contributed by atoms with Crippen LogP contribution in [0.25, 0.3) is 16.7 Å². The third-order valence-electron chi connectivity index (χ3n) is 6.04. The van der Waals surface area contributed by atoms with Crippen molar-refractivity contribution in [2.24, 2.45) is 0 Å². The summed E-state index contributed by atoms with van der Waals surface area (Å²) < 4.78 is 7.09. The number of carbonyl (C=O) groups excluding carboxylic acids is 3. The number of carbonyl (C=O) groups is 3. The fourth-order valence-electron chi connectivity index (χ4n) is 4.26. The summed E-state index contributed by atoms with van der Waals surface area (Å²) >= 11 is 0. The number of benzene rings is 1. The Bertz CT molecular complexity index is 1440. The average Bonchev–Trinajstić information content (AvgIpc) is 3.55. The molecule has 1 aromatic carbocycles. The molecule has 1 aliphatic heterocycles. The Kier molecular flexibility index (Phi) is 6.24. The second-order valence-corrected chi connectivity index (χ2v) is 8.27. The lowest BCUT2D eigenvalue weighted by Crippen LogP contribution is -2.52. The van der Waals surface area contributed by atoms with E-state index in [4.69, 9.17) is 4.65 Å². The number of Topliss-reactive ketones (excluding diaryl/α,β-unsaturated/α-hetero) is 1. The van der Waals surface area contributed by atoms with Crippen molar-refractivity contribution in [1.82, 2.24) is 34.5 Å². The molecule has 0 aliphatic carbocycles. The van der Waals surface area contributed by atoms with Crippen molar-refractivity contribution >= 4 is 36.0 Å². The van der Waals surface area contributed by atoms with Gasteiger partial charge in [0, 0.05) is 37.9 Å². The molecule has 36 heavy (non-hydrogen) atoms. The van der Waals surface area contributed by atoms with Crippen LogP contribution in [0.5, 0.6) is 5.75 Å². The van der Waals surface area contributed by atoms with E-state index in [2.05, 4.69) is 20.1 Å². The van der Waals surface area contributed by atoms with E-state index in [-0.39, 0.29) is 24.6 Å². The molecule has 0 atom stereocenters. The Balaban J connectivity index is 1.38. The van der Waals surface area contributed by atoms with Gasteiger partial charge < -0.3 is 19.4 Å². The first kappa shape index (κ1) is 23.3. The Labute approximate surface area is 207 Å². The van der Waals surface area contributed by atoms with Crippen LogP contribution in [0.1, 0.15) is 26.5 Å². The Morgan fingerprint density at radius 2 is 1.75 bits per heavy atom. The molecule has 1 saturated heterocycles. The number of H-pyrrole nitrogens is 1. The predicted octanol–water partition coefficient (Wildman–Crippen LogP) is 1.67. The maximum Gasteiger partial charge on any atom is 0.366 e. The number of rotatable bonds is 6. The number of amides is 2. The highest BCUT2D eigenvalue weighted by molar-refractivity contribution is 6.45. The molecule has 0 unspecified atom stereocenters. The number of fused-ring (bicyclic) bond motifs is 1. The van der Waals surface area contributed by atoms with E-state index >= 15 is 0 Å². The van der Waals surface area contributed by atoms with Gasteiger partial charge in [-0.3, -0.25) is 14.4 Å². The number of aromatic amines is 1. The fraction of sp³-hybridized carbons (Fsp3) is 0.250. The van der Waals surface area contributed by atoms with E-state index in [1.807, 2.05) is 18.2 Å². The molecule has 1 N–H and O–H groups in total. The molecule has 0 spiro atoms. The smallest absolute Gasteiger partial charge is 0.366 e. The van der Waals surface area contributed by atoms with Crippen LogP contribution in [0, 0.1) is 6.92 Å². The molecule has 5 rings (SSSR count). The standard InChI is InChI=1S/C24H23BN7O4/c1-15-28-14-32(29-15)22-20-19(18(13-27-22)36-25-2)17(12-26-20)21(33)24(35)31-10-8-30(9-11-31)23(34)16-6-4-3-5-7-16/h3-7,12-14,26H,8-11H2,1-2H3. The highest BCUT2D eigenvalue weighted by Gasteiger charge is 2.31. The number of nitrogens with one attached hydrogen (secondary N) is 1. The van der Waals surface area contributed by atoms with E-state index in [1.165, 1.54) is 35.8 Å². The van der Waals surface area contributed by atoms with Crippen LogP contribution in [-0.2, 0) is 4.79 Å². The van der Waals surface area contributed by atoms with Crippen molar-refractivity contribution in [3.63, 3.8) is 0 Å². The minimum absolute atomic E-state index is 0.0911. The molecule has 181 valence electrons. The van der Waals surface area contributed by atoms with Crippen LogP contribution in [0.15, 0.2) is 49.1 Å². The normalized spacial score (nSPS) is 13.6. The number of aryl methyl sites for hydroxylation is 1. The van der Waals surface area contributed by atoms with E-state index in [9.17, 15) is 14.4 Å². The number of hydrogen-bond donors (Lipinski definition) is 1. The highest BCUT2D eigenvalue weighted by atomic mass is 16.4. The molecular weight excluding hydrogens is 461 g/mol. The molecule has 12 heteroatoms. The zero-order valence-electron chi connectivity index (χ0n) is 19.8. The van der Waals surface area contributed by atoms with Gasteiger partial charge in [-0.15, -0.1) is 0 Å². The number of nitrogens with zero attached hydrogens (tertiary/aromatic N) is 6. The van der Waals surface area contributed by atoms with Gasteiger partial charge in [-0.2, -0.15) is 5.10 Å². The largest absolute Gasteiger partial charge is 0.562 e. The molecule has 0 bridgehead atoms. The topological polar surface area (TPSA) is 126 Å². The van der Waals surface area contributed by atoms with Gasteiger partial charge >= 0.3 is 7.48 Å². The molecule has 1 aliphatic rings. The van der Waals surface area contributed by atoms with Crippen LogP contribution in [0.2, 0.25) is 6.82 Å². The summed E-state index contributed by atoms with van der Waals surface area (Å²) in [6.45, 7) is 4.69. The first-order valence-electron chi connectivity index (χ1n) is 11.5. The molecule has 0 saturated carbocycles. The number of hydrogen-bond acceptors (Lipinski definition) is 7. The minimum Gasteiger partial charge on any atom is -0.562 e. The van der Waals surface area contributed by atoms with Gasteiger partial charge in [-0.05, 0) is 19.1 Å². The lowest BCUT2D eigenvalue weighted by Gasteiger charge is -2.34. The number of ketones is 1. The van der Waals surface area contributed by atoms with Crippen molar-refractivity contribution < 1.29 is 19.0 Å². The van der Waals surface area contributed by atoms with E-state index in [0.717, 1.165) is 0 Å². The molecule has 2 amide bonds. The number of pyridine rings is 1. The van der Waals surface area contributed by atoms with Gasteiger partial charge in [0.05, 0.1) is 22.7 Å². The minimum atomic E-state index is -0.669. The summed E-state index contributed by atoms with van der Waals surface area (Å²) in [5.41, 5.74) is 1.27. The monoisotopic (exact) mass is 484 g/mol. The maximum atomic E-state index is 13.4. The predicted molar refractivity (Wildman–Crippen MR) is 131 cm³/mol. The zero-order valence-corrected chi connectivity index (χ0v) is 19.8. The molecule has 1 fully saturated rings. The summed E-state index contributed by atoms with van der Waals surface area (Å²) in [5, 5.41) is 4.73. The van der Waals surface area contributed by atoms with Gasteiger partial charge in [-0.1, -0.05) is 25.0 Å². The number of piperazine rings is 1. The Morgan fingerprint density at radius 1 is 1.03 bits per heavy atom. The summed E-state index contributed by atoms with van der Waals surface area (Å²) in [6.07, 6.45) is 4.49.